The summed E-state index contributed by atoms with van der Waals surface area (Å²) < 4.78 is 0. The molecule has 0 bridgehead atoms. The third-order valence-corrected chi connectivity index (χ3v) is 4.20. The van der Waals surface area contributed by atoms with Gasteiger partial charge in [-0.2, -0.15) is 0 Å². The molecule has 2 rings (SSSR count). The highest BCUT2D eigenvalue weighted by atomic mass is 16.2. The maximum Gasteiger partial charge on any atom is 0.315 e. The van der Waals surface area contributed by atoms with Crippen molar-refractivity contribution < 1.29 is 4.79 Å². The van der Waals surface area contributed by atoms with Crippen LogP contribution in [-0.4, -0.2) is 42.6 Å². The summed E-state index contributed by atoms with van der Waals surface area (Å²) in [5.41, 5.74) is 0. The topological polar surface area (TPSA) is 44.4 Å². The van der Waals surface area contributed by atoms with Gasteiger partial charge in [-0.15, -0.1) is 0 Å². The summed E-state index contributed by atoms with van der Waals surface area (Å²) in [5.74, 6) is 0. The molecule has 1 fully saturated rings. The van der Waals surface area contributed by atoms with E-state index in [2.05, 4.69) is 34.6 Å². The van der Waals surface area contributed by atoms with Crippen LogP contribution in [0.15, 0.2) is 12.2 Å². The van der Waals surface area contributed by atoms with Gasteiger partial charge in [-0.25, -0.2) is 4.79 Å². The van der Waals surface area contributed by atoms with Crippen LogP contribution in [0.4, 0.5) is 4.79 Å². The molecule has 1 heterocycles. The predicted molar refractivity (Wildman–Crippen MR) is 78.2 cm³/mol. The van der Waals surface area contributed by atoms with Crippen LogP contribution < -0.4 is 10.6 Å². The molecule has 0 saturated carbocycles. The van der Waals surface area contributed by atoms with E-state index in [1.807, 2.05) is 0 Å². The van der Waals surface area contributed by atoms with E-state index in [1.54, 1.807) is 0 Å². The molecule has 1 aliphatic heterocycles. The summed E-state index contributed by atoms with van der Waals surface area (Å²) in [6.45, 7) is 5.48. The van der Waals surface area contributed by atoms with Gasteiger partial charge in [0.05, 0.1) is 0 Å². The Morgan fingerprint density at radius 2 is 1.95 bits per heavy atom. The monoisotopic (exact) mass is 265 g/mol. The fraction of sp³-hybridized carbons (Fsp3) is 0.800. The van der Waals surface area contributed by atoms with Crippen LogP contribution in [0.1, 0.15) is 45.4 Å². The summed E-state index contributed by atoms with van der Waals surface area (Å²) in [4.78, 5) is 14.2. The zero-order valence-corrected chi connectivity index (χ0v) is 12.0. The number of nitrogens with zero attached hydrogens (tertiary/aromatic N) is 1. The average molecular weight is 265 g/mol. The Bertz CT molecular complexity index is 303. The van der Waals surface area contributed by atoms with Gasteiger partial charge in [0.25, 0.3) is 0 Å². The molecule has 0 aromatic carbocycles. The lowest BCUT2D eigenvalue weighted by atomic mass is 10.1. The van der Waals surface area contributed by atoms with Crippen LogP contribution in [0.2, 0.25) is 0 Å². The third kappa shape index (κ3) is 4.86. The van der Waals surface area contributed by atoms with Gasteiger partial charge in [0.2, 0.25) is 0 Å². The Labute approximate surface area is 116 Å². The fourth-order valence-electron chi connectivity index (χ4n) is 2.91. The highest BCUT2D eigenvalue weighted by Gasteiger charge is 2.17. The number of carbonyl (C=O) groups is 1. The molecule has 1 saturated heterocycles. The van der Waals surface area contributed by atoms with Crippen molar-refractivity contribution in [3.05, 3.63) is 12.2 Å². The van der Waals surface area contributed by atoms with E-state index in [-0.39, 0.29) is 6.03 Å². The Kier molecular flexibility index (Phi) is 5.70. The van der Waals surface area contributed by atoms with Crippen molar-refractivity contribution in [2.45, 2.75) is 57.5 Å². The van der Waals surface area contributed by atoms with Gasteiger partial charge in [0.15, 0.2) is 0 Å². The molecule has 108 valence electrons. The first-order chi connectivity index (χ1) is 9.25. The zero-order chi connectivity index (χ0) is 13.5. The first-order valence-electron chi connectivity index (χ1n) is 7.69. The minimum atomic E-state index is -0.0143. The number of piperidine rings is 1. The van der Waals surface area contributed by atoms with Crippen LogP contribution in [0.5, 0.6) is 0 Å². The largest absolute Gasteiger partial charge is 0.338 e. The molecule has 2 amide bonds. The third-order valence-electron chi connectivity index (χ3n) is 4.20. The first kappa shape index (κ1) is 14.4. The molecule has 0 aromatic heterocycles. The number of carbonyl (C=O) groups excluding carboxylic acids is 1. The molecule has 4 heteroatoms. The molecule has 0 radical (unpaired) electrons. The number of likely N-dealkylation sites (tertiary alicyclic amines) is 1. The maximum absolute atomic E-state index is 11.7. The van der Waals surface area contributed by atoms with Crippen molar-refractivity contribution in [1.82, 2.24) is 15.5 Å². The lowest BCUT2D eigenvalue weighted by Gasteiger charge is -2.32. The minimum Gasteiger partial charge on any atom is -0.338 e. The van der Waals surface area contributed by atoms with Gasteiger partial charge in [-0.1, -0.05) is 18.6 Å². The second-order valence-corrected chi connectivity index (χ2v) is 5.77. The number of urea groups is 1. The van der Waals surface area contributed by atoms with Crippen LogP contribution in [0.3, 0.4) is 0 Å². The molecule has 2 N–H and O–H groups in total. The second-order valence-electron chi connectivity index (χ2n) is 5.77. The van der Waals surface area contributed by atoms with Gasteiger partial charge < -0.3 is 15.5 Å². The predicted octanol–water partition coefficient (Wildman–Crippen LogP) is 2.27. The Hall–Kier alpha value is -1.03. The van der Waals surface area contributed by atoms with Crippen LogP contribution in [0.25, 0.3) is 0 Å². The summed E-state index contributed by atoms with van der Waals surface area (Å²) in [5, 5.41) is 5.98. The normalized spacial score (nSPS) is 22.4. The van der Waals surface area contributed by atoms with E-state index in [9.17, 15) is 4.79 Å². The highest BCUT2D eigenvalue weighted by molar-refractivity contribution is 5.74. The number of hydrogen-bond acceptors (Lipinski definition) is 2. The lowest BCUT2D eigenvalue weighted by molar-refractivity contribution is 0.166. The first-order valence-corrected chi connectivity index (χ1v) is 7.69. The summed E-state index contributed by atoms with van der Waals surface area (Å²) in [6, 6.07) is 0.868. The van der Waals surface area contributed by atoms with Crippen molar-refractivity contribution in [2.75, 3.05) is 19.6 Å². The maximum atomic E-state index is 11.7. The molecule has 1 atom stereocenters. The SMILES string of the molecule is C[C@H](CCNC(=O)NC1CC=CC1)N1CCCCC1. The van der Waals surface area contributed by atoms with Gasteiger partial charge in [0, 0.05) is 18.6 Å². The van der Waals surface area contributed by atoms with Crippen LogP contribution >= 0.6 is 0 Å². The van der Waals surface area contributed by atoms with Crippen LogP contribution in [-0.2, 0) is 0 Å². The van der Waals surface area contributed by atoms with Crippen molar-refractivity contribution in [3.8, 4) is 0 Å². The summed E-state index contributed by atoms with van der Waals surface area (Å²) in [6.07, 6.45) is 11.3. The van der Waals surface area contributed by atoms with Gasteiger partial charge in [0.1, 0.15) is 0 Å². The number of amides is 2. The van der Waals surface area contributed by atoms with E-state index in [0.717, 1.165) is 25.8 Å². The molecule has 0 spiro atoms. The molecule has 19 heavy (non-hydrogen) atoms. The molecule has 0 aromatic rings. The van der Waals surface area contributed by atoms with E-state index in [4.69, 9.17) is 0 Å². The molecular formula is C15H27N3O. The standard InChI is InChI=1S/C15H27N3O/c1-13(18-11-5-2-6-12-18)9-10-16-15(19)17-14-7-3-4-8-14/h3-4,13-14H,2,5-12H2,1H3,(H2,16,17,19)/t13-/m1/s1. The molecule has 4 nitrogen and oxygen atoms in total. The number of hydrogen-bond donors (Lipinski definition) is 2. The van der Waals surface area contributed by atoms with Crippen LogP contribution in [0, 0.1) is 0 Å². The highest BCUT2D eigenvalue weighted by Crippen LogP contribution is 2.13. The van der Waals surface area contributed by atoms with E-state index in [0.29, 0.717) is 12.1 Å². The summed E-state index contributed by atoms with van der Waals surface area (Å²) in [7, 11) is 0. The van der Waals surface area contributed by atoms with Crippen molar-refractivity contribution in [1.29, 1.82) is 0 Å². The van der Waals surface area contributed by atoms with E-state index >= 15 is 0 Å². The van der Waals surface area contributed by atoms with Gasteiger partial charge >= 0.3 is 6.03 Å². The molecule has 0 unspecified atom stereocenters. The Morgan fingerprint density at radius 3 is 2.63 bits per heavy atom. The number of rotatable bonds is 5. The fourth-order valence-corrected chi connectivity index (χ4v) is 2.91. The molecule has 2 aliphatic rings. The number of nitrogens with one attached hydrogen (secondary N) is 2. The minimum absolute atomic E-state index is 0.0143. The van der Waals surface area contributed by atoms with E-state index in [1.165, 1.54) is 32.4 Å². The average Bonchev–Trinajstić information content (AvgIpc) is 2.92. The van der Waals surface area contributed by atoms with Gasteiger partial charge in [-0.3, -0.25) is 0 Å². The smallest absolute Gasteiger partial charge is 0.315 e. The lowest BCUT2D eigenvalue weighted by Crippen LogP contribution is -2.43. The summed E-state index contributed by atoms with van der Waals surface area (Å²) >= 11 is 0. The van der Waals surface area contributed by atoms with Crippen molar-refractivity contribution in [3.63, 3.8) is 0 Å². The van der Waals surface area contributed by atoms with Gasteiger partial charge in [-0.05, 0) is 52.1 Å². The van der Waals surface area contributed by atoms with Crippen molar-refractivity contribution >= 4 is 6.03 Å². The molecular weight excluding hydrogens is 238 g/mol. The van der Waals surface area contributed by atoms with Crippen molar-refractivity contribution in [2.24, 2.45) is 0 Å². The Morgan fingerprint density at radius 1 is 1.26 bits per heavy atom. The quantitative estimate of drug-likeness (QED) is 0.749. The Balaban J connectivity index is 1.56. The zero-order valence-electron chi connectivity index (χ0n) is 12.0. The molecule has 1 aliphatic carbocycles. The second kappa shape index (κ2) is 7.53. The van der Waals surface area contributed by atoms with E-state index < -0.39 is 0 Å².